The smallest absolute Gasteiger partial charge is 0.153 e. The molecule has 0 fully saturated rings. The van der Waals surface area contributed by atoms with Gasteiger partial charge in [-0.2, -0.15) is 0 Å². The van der Waals surface area contributed by atoms with E-state index in [4.69, 9.17) is 4.98 Å². The molecule has 0 atom stereocenters. The van der Waals surface area contributed by atoms with Crippen LogP contribution in [0, 0.1) is 0 Å². The minimum absolute atomic E-state index is 0.328. The fourth-order valence-electron chi connectivity index (χ4n) is 2.58. The van der Waals surface area contributed by atoms with E-state index < -0.39 is 0 Å². The second-order valence-electron chi connectivity index (χ2n) is 5.71. The van der Waals surface area contributed by atoms with Gasteiger partial charge >= 0.3 is 0 Å². The maximum atomic E-state index is 11.5. The summed E-state index contributed by atoms with van der Waals surface area (Å²) in [6.07, 6.45) is 4.44. The van der Waals surface area contributed by atoms with Crippen molar-refractivity contribution in [1.29, 1.82) is 0 Å². The molecule has 3 heteroatoms. The number of hydrogen-bond donors (Lipinski definition) is 0. The number of anilines is 1. The molecule has 0 aliphatic heterocycles. The highest BCUT2D eigenvalue weighted by Gasteiger charge is 2.16. The molecule has 0 saturated heterocycles. The Kier molecular flexibility index (Phi) is 5.32. The van der Waals surface area contributed by atoms with E-state index in [0.717, 1.165) is 36.0 Å². The van der Waals surface area contributed by atoms with E-state index in [2.05, 4.69) is 25.7 Å². The molecule has 1 aromatic heterocycles. The van der Waals surface area contributed by atoms with Gasteiger partial charge in [-0.15, -0.1) is 0 Å². The zero-order chi connectivity index (χ0) is 15.2. The number of para-hydroxylation sites is 1. The Labute approximate surface area is 127 Å². The first-order valence-electron chi connectivity index (χ1n) is 7.79. The molecule has 0 aliphatic carbocycles. The van der Waals surface area contributed by atoms with Crippen molar-refractivity contribution < 1.29 is 4.79 Å². The van der Waals surface area contributed by atoms with Crippen molar-refractivity contribution in [2.45, 2.75) is 46.1 Å². The van der Waals surface area contributed by atoms with Crippen LogP contribution in [0.3, 0.4) is 0 Å². The summed E-state index contributed by atoms with van der Waals surface area (Å²) < 4.78 is 0. The summed E-state index contributed by atoms with van der Waals surface area (Å²) in [6.45, 7) is 7.44. The lowest BCUT2D eigenvalue weighted by Crippen LogP contribution is -2.33. The second kappa shape index (κ2) is 7.21. The molecule has 0 N–H and O–H groups in total. The van der Waals surface area contributed by atoms with Crippen LogP contribution in [-0.4, -0.2) is 23.9 Å². The average molecular weight is 284 g/mol. The molecular weight excluding hydrogens is 260 g/mol. The number of aldehydes is 1. The first kappa shape index (κ1) is 15.5. The zero-order valence-electron chi connectivity index (χ0n) is 13.2. The van der Waals surface area contributed by atoms with Gasteiger partial charge in [0.1, 0.15) is 5.82 Å². The van der Waals surface area contributed by atoms with Crippen LogP contribution in [0.2, 0.25) is 0 Å². The van der Waals surface area contributed by atoms with Crippen molar-refractivity contribution in [1.82, 2.24) is 4.98 Å². The number of pyridine rings is 1. The van der Waals surface area contributed by atoms with Gasteiger partial charge in [-0.3, -0.25) is 4.79 Å². The molecule has 0 aliphatic rings. The molecule has 0 amide bonds. The first-order valence-corrected chi connectivity index (χ1v) is 7.79. The van der Waals surface area contributed by atoms with E-state index in [-0.39, 0.29) is 0 Å². The van der Waals surface area contributed by atoms with E-state index in [9.17, 15) is 4.79 Å². The van der Waals surface area contributed by atoms with Gasteiger partial charge in [0.15, 0.2) is 6.29 Å². The van der Waals surface area contributed by atoms with E-state index in [1.54, 1.807) is 0 Å². The minimum Gasteiger partial charge on any atom is -0.354 e. The topological polar surface area (TPSA) is 33.2 Å². The SMILES string of the molecule is CCCCCN(c1nc2ccccc2cc1C=O)C(C)C. The minimum atomic E-state index is 0.328. The molecule has 0 spiro atoms. The molecule has 21 heavy (non-hydrogen) atoms. The Morgan fingerprint density at radius 1 is 1.24 bits per heavy atom. The third-order valence-electron chi connectivity index (χ3n) is 3.76. The van der Waals surface area contributed by atoms with Crippen molar-refractivity contribution in [3.8, 4) is 0 Å². The number of fused-ring (bicyclic) bond motifs is 1. The summed E-state index contributed by atoms with van der Waals surface area (Å²) in [5.41, 5.74) is 1.62. The summed E-state index contributed by atoms with van der Waals surface area (Å²) in [6, 6.07) is 10.2. The van der Waals surface area contributed by atoms with E-state index >= 15 is 0 Å². The summed E-state index contributed by atoms with van der Waals surface area (Å²) in [5.74, 6) is 0.815. The molecule has 112 valence electrons. The highest BCUT2D eigenvalue weighted by molar-refractivity contribution is 5.91. The summed E-state index contributed by atoms with van der Waals surface area (Å²) in [4.78, 5) is 18.4. The normalized spacial score (nSPS) is 11.0. The molecule has 0 radical (unpaired) electrons. The second-order valence-corrected chi connectivity index (χ2v) is 5.71. The molecule has 0 saturated carbocycles. The molecular formula is C18H24N2O. The number of carbonyl (C=O) groups is 1. The third kappa shape index (κ3) is 3.60. The van der Waals surface area contributed by atoms with Crippen molar-refractivity contribution in [2.75, 3.05) is 11.4 Å². The van der Waals surface area contributed by atoms with Crippen LogP contribution in [0.15, 0.2) is 30.3 Å². The number of benzene rings is 1. The monoisotopic (exact) mass is 284 g/mol. The van der Waals surface area contributed by atoms with Crippen LogP contribution >= 0.6 is 0 Å². The number of nitrogens with zero attached hydrogens (tertiary/aromatic N) is 2. The highest BCUT2D eigenvalue weighted by Crippen LogP contribution is 2.24. The zero-order valence-corrected chi connectivity index (χ0v) is 13.2. The Balaban J connectivity index is 2.42. The van der Waals surface area contributed by atoms with Gasteiger partial charge in [0, 0.05) is 18.0 Å². The molecule has 0 bridgehead atoms. The maximum Gasteiger partial charge on any atom is 0.153 e. The molecule has 0 unspecified atom stereocenters. The van der Waals surface area contributed by atoms with Crippen LogP contribution < -0.4 is 4.90 Å². The van der Waals surface area contributed by atoms with Crippen LogP contribution in [0.5, 0.6) is 0 Å². The van der Waals surface area contributed by atoms with Gasteiger partial charge in [-0.1, -0.05) is 38.0 Å². The van der Waals surface area contributed by atoms with Gasteiger partial charge in [-0.05, 0) is 32.4 Å². The van der Waals surface area contributed by atoms with Crippen molar-refractivity contribution in [3.63, 3.8) is 0 Å². The number of unbranched alkanes of at least 4 members (excludes halogenated alkanes) is 2. The Morgan fingerprint density at radius 2 is 2.00 bits per heavy atom. The molecule has 1 aromatic carbocycles. The predicted molar refractivity (Wildman–Crippen MR) is 89.1 cm³/mol. The summed E-state index contributed by atoms with van der Waals surface area (Å²) in [7, 11) is 0. The van der Waals surface area contributed by atoms with E-state index in [1.165, 1.54) is 12.8 Å². The number of carbonyl (C=O) groups excluding carboxylic acids is 1. The predicted octanol–water partition coefficient (Wildman–Crippen LogP) is 4.45. The lowest BCUT2D eigenvalue weighted by molar-refractivity contribution is 0.112. The Morgan fingerprint density at radius 3 is 2.67 bits per heavy atom. The van der Waals surface area contributed by atoms with Crippen molar-refractivity contribution >= 4 is 23.0 Å². The number of hydrogen-bond acceptors (Lipinski definition) is 3. The largest absolute Gasteiger partial charge is 0.354 e. The molecule has 2 rings (SSSR count). The van der Waals surface area contributed by atoms with Crippen molar-refractivity contribution in [3.05, 3.63) is 35.9 Å². The maximum absolute atomic E-state index is 11.5. The van der Waals surface area contributed by atoms with Gasteiger partial charge in [-0.25, -0.2) is 4.98 Å². The van der Waals surface area contributed by atoms with Gasteiger partial charge in [0.25, 0.3) is 0 Å². The number of rotatable bonds is 7. The van der Waals surface area contributed by atoms with Gasteiger partial charge < -0.3 is 4.90 Å². The molecule has 3 nitrogen and oxygen atoms in total. The summed E-state index contributed by atoms with van der Waals surface area (Å²) >= 11 is 0. The Bertz CT molecular complexity index is 607. The average Bonchev–Trinajstić information content (AvgIpc) is 2.50. The lowest BCUT2D eigenvalue weighted by atomic mass is 10.1. The standard InChI is InChI=1S/C18H24N2O/c1-4-5-8-11-20(14(2)3)18-16(13-21)12-15-9-6-7-10-17(15)19-18/h6-7,9-10,12-14H,4-5,8,11H2,1-3H3. The van der Waals surface area contributed by atoms with E-state index in [0.29, 0.717) is 11.6 Å². The van der Waals surface area contributed by atoms with Crippen LogP contribution in [0.25, 0.3) is 10.9 Å². The fraction of sp³-hybridized carbons (Fsp3) is 0.444. The van der Waals surface area contributed by atoms with Gasteiger partial charge in [0.05, 0.1) is 11.1 Å². The molecule has 2 aromatic rings. The fourth-order valence-corrected chi connectivity index (χ4v) is 2.58. The van der Waals surface area contributed by atoms with Crippen molar-refractivity contribution in [2.24, 2.45) is 0 Å². The quantitative estimate of drug-likeness (QED) is 0.556. The first-order chi connectivity index (χ1) is 10.2. The van der Waals surface area contributed by atoms with Crippen LogP contribution in [0.1, 0.15) is 50.4 Å². The highest BCUT2D eigenvalue weighted by atomic mass is 16.1. The van der Waals surface area contributed by atoms with Crippen LogP contribution in [-0.2, 0) is 0 Å². The number of aromatic nitrogens is 1. The third-order valence-corrected chi connectivity index (χ3v) is 3.76. The molecule has 1 heterocycles. The van der Waals surface area contributed by atoms with E-state index in [1.807, 2.05) is 30.3 Å². The van der Waals surface area contributed by atoms with Gasteiger partial charge in [0.2, 0.25) is 0 Å². The Hall–Kier alpha value is -1.90. The van der Waals surface area contributed by atoms with Crippen LogP contribution in [0.4, 0.5) is 5.82 Å². The summed E-state index contributed by atoms with van der Waals surface area (Å²) in [5, 5.41) is 1.01. The lowest BCUT2D eigenvalue weighted by Gasteiger charge is -2.29.